The molecule has 0 fully saturated rings. The van der Waals surface area contributed by atoms with Crippen LogP contribution in [0.1, 0.15) is 12.3 Å². The van der Waals surface area contributed by atoms with Gasteiger partial charge in [-0.3, -0.25) is 4.79 Å². The minimum absolute atomic E-state index is 0.136. The number of halogens is 1. The standard InChI is InChI=1S/C18H16ClN3O3/c1-24-15-4-2-3-12(11-15)18-21-17(25-22-18)10-9-16(23)20-14-7-5-13(19)6-8-14/h2-8,11H,9-10H2,1H3,(H,20,23). The maximum absolute atomic E-state index is 12.0. The number of nitrogens with zero attached hydrogens (tertiary/aromatic N) is 2. The molecule has 0 saturated carbocycles. The predicted molar refractivity (Wildman–Crippen MR) is 94.7 cm³/mol. The average molecular weight is 358 g/mol. The second-order valence-electron chi connectivity index (χ2n) is 5.30. The number of benzene rings is 2. The summed E-state index contributed by atoms with van der Waals surface area (Å²) in [6, 6.07) is 14.3. The highest BCUT2D eigenvalue weighted by molar-refractivity contribution is 6.30. The van der Waals surface area contributed by atoms with Crippen molar-refractivity contribution in [2.24, 2.45) is 0 Å². The van der Waals surface area contributed by atoms with E-state index in [1.165, 1.54) is 0 Å². The van der Waals surface area contributed by atoms with Crippen molar-refractivity contribution in [1.29, 1.82) is 0 Å². The lowest BCUT2D eigenvalue weighted by atomic mass is 10.2. The molecule has 1 amide bonds. The Morgan fingerprint density at radius 1 is 1.24 bits per heavy atom. The number of methoxy groups -OCH3 is 1. The highest BCUT2D eigenvalue weighted by atomic mass is 35.5. The van der Waals surface area contributed by atoms with Crippen molar-refractivity contribution >= 4 is 23.2 Å². The molecule has 7 heteroatoms. The summed E-state index contributed by atoms with van der Waals surface area (Å²) in [5.74, 6) is 1.45. The van der Waals surface area contributed by atoms with Crippen LogP contribution in [0, 0.1) is 0 Å². The second-order valence-corrected chi connectivity index (χ2v) is 5.74. The van der Waals surface area contributed by atoms with Crippen molar-refractivity contribution in [2.75, 3.05) is 12.4 Å². The van der Waals surface area contributed by atoms with Gasteiger partial charge in [0.2, 0.25) is 17.6 Å². The fraction of sp³-hybridized carbons (Fsp3) is 0.167. The highest BCUT2D eigenvalue weighted by Gasteiger charge is 2.11. The number of nitrogens with one attached hydrogen (secondary N) is 1. The molecule has 1 aromatic heterocycles. The van der Waals surface area contributed by atoms with E-state index in [2.05, 4.69) is 15.5 Å². The van der Waals surface area contributed by atoms with Crippen LogP contribution in [0.25, 0.3) is 11.4 Å². The largest absolute Gasteiger partial charge is 0.497 e. The van der Waals surface area contributed by atoms with E-state index in [9.17, 15) is 4.79 Å². The first-order valence-electron chi connectivity index (χ1n) is 7.66. The van der Waals surface area contributed by atoms with E-state index in [1.54, 1.807) is 31.4 Å². The van der Waals surface area contributed by atoms with E-state index in [0.29, 0.717) is 34.6 Å². The van der Waals surface area contributed by atoms with Gasteiger partial charge >= 0.3 is 0 Å². The highest BCUT2D eigenvalue weighted by Crippen LogP contribution is 2.21. The van der Waals surface area contributed by atoms with Gasteiger partial charge < -0.3 is 14.6 Å². The molecule has 0 spiro atoms. The number of rotatable bonds is 6. The van der Waals surface area contributed by atoms with E-state index in [0.717, 1.165) is 5.56 Å². The summed E-state index contributed by atoms with van der Waals surface area (Å²) in [6.45, 7) is 0. The van der Waals surface area contributed by atoms with Gasteiger partial charge in [0.05, 0.1) is 7.11 Å². The Morgan fingerprint density at radius 2 is 2.04 bits per heavy atom. The van der Waals surface area contributed by atoms with Gasteiger partial charge in [-0.1, -0.05) is 28.9 Å². The molecule has 0 aliphatic heterocycles. The molecule has 0 saturated heterocycles. The van der Waals surface area contributed by atoms with Gasteiger partial charge in [-0.2, -0.15) is 4.98 Å². The third-order valence-electron chi connectivity index (χ3n) is 3.49. The van der Waals surface area contributed by atoms with Crippen molar-refractivity contribution < 1.29 is 14.1 Å². The first-order chi connectivity index (χ1) is 12.1. The van der Waals surface area contributed by atoms with Gasteiger partial charge in [-0.15, -0.1) is 0 Å². The first kappa shape index (κ1) is 17.0. The summed E-state index contributed by atoms with van der Waals surface area (Å²) in [5.41, 5.74) is 1.48. The zero-order valence-electron chi connectivity index (χ0n) is 13.5. The van der Waals surface area contributed by atoms with Gasteiger partial charge in [-0.05, 0) is 36.4 Å². The minimum atomic E-state index is -0.136. The van der Waals surface area contributed by atoms with Crippen molar-refractivity contribution in [3.8, 4) is 17.1 Å². The van der Waals surface area contributed by atoms with Crippen molar-refractivity contribution in [3.05, 3.63) is 59.4 Å². The van der Waals surface area contributed by atoms with Gasteiger partial charge in [0.1, 0.15) is 5.75 Å². The van der Waals surface area contributed by atoms with Crippen molar-refractivity contribution in [2.45, 2.75) is 12.8 Å². The van der Waals surface area contributed by atoms with Gasteiger partial charge in [0, 0.05) is 29.1 Å². The van der Waals surface area contributed by atoms with Gasteiger partial charge in [0.15, 0.2) is 0 Å². The predicted octanol–water partition coefficient (Wildman–Crippen LogP) is 3.97. The van der Waals surface area contributed by atoms with E-state index >= 15 is 0 Å². The number of aryl methyl sites for hydroxylation is 1. The molecule has 1 heterocycles. The maximum atomic E-state index is 12.0. The number of aromatic nitrogens is 2. The quantitative estimate of drug-likeness (QED) is 0.722. The fourth-order valence-electron chi connectivity index (χ4n) is 2.21. The Balaban J connectivity index is 1.57. The molecular formula is C18H16ClN3O3. The lowest BCUT2D eigenvalue weighted by Crippen LogP contribution is -2.12. The molecule has 0 bridgehead atoms. The number of amides is 1. The number of anilines is 1. The maximum Gasteiger partial charge on any atom is 0.227 e. The number of ether oxygens (including phenoxy) is 1. The molecule has 0 aliphatic carbocycles. The Morgan fingerprint density at radius 3 is 2.80 bits per heavy atom. The number of carbonyl (C=O) groups is 1. The molecule has 1 N–H and O–H groups in total. The number of hydrogen-bond acceptors (Lipinski definition) is 5. The number of hydrogen-bond donors (Lipinski definition) is 1. The topological polar surface area (TPSA) is 77.2 Å². The summed E-state index contributed by atoms with van der Waals surface area (Å²) in [4.78, 5) is 16.3. The minimum Gasteiger partial charge on any atom is -0.497 e. The van der Waals surface area contributed by atoms with Crippen LogP contribution in [-0.4, -0.2) is 23.2 Å². The van der Waals surface area contributed by atoms with Crippen LogP contribution in [0.15, 0.2) is 53.1 Å². The van der Waals surface area contributed by atoms with E-state index in [1.807, 2.05) is 24.3 Å². The fourth-order valence-corrected chi connectivity index (χ4v) is 2.34. The monoisotopic (exact) mass is 357 g/mol. The normalized spacial score (nSPS) is 10.5. The molecule has 0 atom stereocenters. The molecular weight excluding hydrogens is 342 g/mol. The third kappa shape index (κ3) is 4.58. The SMILES string of the molecule is COc1cccc(-c2noc(CCC(=O)Nc3ccc(Cl)cc3)n2)c1. The zero-order valence-corrected chi connectivity index (χ0v) is 14.3. The Labute approximate surface area is 149 Å². The summed E-state index contributed by atoms with van der Waals surface area (Å²) >= 11 is 5.81. The Bertz CT molecular complexity index is 862. The molecule has 0 unspecified atom stereocenters. The van der Waals surface area contributed by atoms with E-state index in [-0.39, 0.29) is 12.3 Å². The average Bonchev–Trinajstić information content (AvgIpc) is 3.11. The molecule has 3 rings (SSSR count). The van der Waals surface area contributed by atoms with Crippen LogP contribution in [0.2, 0.25) is 5.02 Å². The third-order valence-corrected chi connectivity index (χ3v) is 3.74. The summed E-state index contributed by atoms with van der Waals surface area (Å²) in [5, 5.41) is 7.35. The molecule has 0 aliphatic rings. The molecule has 128 valence electrons. The van der Waals surface area contributed by atoms with E-state index < -0.39 is 0 Å². The number of carbonyl (C=O) groups excluding carboxylic acids is 1. The second kappa shape index (κ2) is 7.81. The smallest absolute Gasteiger partial charge is 0.227 e. The Kier molecular flexibility index (Phi) is 5.30. The molecule has 6 nitrogen and oxygen atoms in total. The first-order valence-corrected chi connectivity index (χ1v) is 8.04. The summed E-state index contributed by atoms with van der Waals surface area (Å²) in [7, 11) is 1.60. The van der Waals surface area contributed by atoms with Crippen molar-refractivity contribution in [1.82, 2.24) is 10.1 Å². The molecule has 0 radical (unpaired) electrons. The molecule has 3 aromatic rings. The van der Waals surface area contributed by atoms with Gasteiger partial charge in [-0.25, -0.2) is 0 Å². The van der Waals surface area contributed by atoms with Crippen LogP contribution in [-0.2, 0) is 11.2 Å². The molecule has 25 heavy (non-hydrogen) atoms. The summed E-state index contributed by atoms with van der Waals surface area (Å²) in [6.07, 6.45) is 0.596. The van der Waals surface area contributed by atoms with Gasteiger partial charge in [0.25, 0.3) is 0 Å². The molecule has 2 aromatic carbocycles. The summed E-state index contributed by atoms with van der Waals surface area (Å²) < 4.78 is 10.4. The zero-order chi connectivity index (χ0) is 17.6. The van der Waals surface area contributed by atoms with Crippen LogP contribution in [0.4, 0.5) is 5.69 Å². The van der Waals surface area contributed by atoms with Crippen LogP contribution in [0.3, 0.4) is 0 Å². The lowest BCUT2D eigenvalue weighted by Gasteiger charge is -2.03. The van der Waals surface area contributed by atoms with Crippen LogP contribution < -0.4 is 10.1 Å². The van der Waals surface area contributed by atoms with E-state index in [4.69, 9.17) is 20.9 Å². The lowest BCUT2D eigenvalue weighted by molar-refractivity contribution is -0.116. The Hall–Kier alpha value is -2.86. The van der Waals surface area contributed by atoms with Crippen LogP contribution >= 0.6 is 11.6 Å². The van der Waals surface area contributed by atoms with Crippen LogP contribution in [0.5, 0.6) is 5.75 Å². The van der Waals surface area contributed by atoms with Crippen molar-refractivity contribution in [3.63, 3.8) is 0 Å².